The Hall–Kier alpha value is -0.830. The van der Waals surface area contributed by atoms with Crippen LogP contribution in [0.15, 0.2) is 23.2 Å². The van der Waals surface area contributed by atoms with Gasteiger partial charge in [0.15, 0.2) is 5.78 Å². The number of carbonyl (C=O) groups excluding carboxylic acids is 1. The van der Waals surface area contributed by atoms with Crippen LogP contribution in [0.1, 0.15) is 49.5 Å². The SMILES string of the molecule is CCC(=O)c1ccc(SCC2CCCC2)cn1. The first kappa shape index (κ1) is 12.6. The van der Waals surface area contributed by atoms with Crippen molar-refractivity contribution >= 4 is 17.5 Å². The number of nitrogens with zero attached hydrogens (tertiary/aromatic N) is 1. The topological polar surface area (TPSA) is 30.0 Å². The second kappa shape index (κ2) is 6.20. The Kier molecular flexibility index (Phi) is 4.60. The van der Waals surface area contributed by atoms with Crippen molar-refractivity contribution in [2.75, 3.05) is 5.75 Å². The van der Waals surface area contributed by atoms with Gasteiger partial charge in [0.25, 0.3) is 0 Å². The second-order valence-electron chi connectivity index (χ2n) is 4.62. The van der Waals surface area contributed by atoms with Crippen molar-refractivity contribution in [3.63, 3.8) is 0 Å². The maximum atomic E-state index is 11.4. The van der Waals surface area contributed by atoms with Gasteiger partial charge in [-0.25, -0.2) is 0 Å². The van der Waals surface area contributed by atoms with Crippen LogP contribution in [0.25, 0.3) is 0 Å². The van der Waals surface area contributed by atoms with E-state index in [0.717, 1.165) is 5.92 Å². The van der Waals surface area contributed by atoms with Crippen LogP contribution in [-0.2, 0) is 0 Å². The third kappa shape index (κ3) is 3.56. The predicted octanol–water partition coefficient (Wildman–Crippen LogP) is 3.96. The van der Waals surface area contributed by atoms with Gasteiger partial charge in [-0.05, 0) is 30.9 Å². The fourth-order valence-corrected chi connectivity index (χ4v) is 3.26. The molecule has 0 spiro atoms. The Balaban J connectivity index is 1.87. The summed E-state index contributed by atoms with van der Waals surface area (Å²) >= 11 is 1.87. The largest absolute Gasteiger partial charge is 0.292 e. The Bertz CT molecular complexity index is 368. The zero-order valence-electron chi connectivity index (χ0n) is 10.3. The number of carbonyl (C=O) groups is 1. The highest BCUT2D eigenvalue weighted by molar-refractivity contribution is 7.99. The van der Waals surface area contributed by atoms with Crippen LogP contribution in [0.4, 0.5) is 0 Å². The van der Waals surface area contributed by atoms with Crippen molar-refractivity contribution < 1.29 is 4.79 Å². The molecule has 0 aromatic carbocycles. The number of hydrogen-bond donors (Lipinski definition) is 0. The van der Waals surface area contributed by atoms with Gasteiger partial charge in [0.1, 0.15) is 5.69 Å². The van der Waals surface area contributed by atoms with Crippen LogP contribution in [0, 0.1) is 5.92 Å². The van der Waals surface area contributed by atoms with E-state index in [-0.39, 0.29) is 5.78 Å². The Morgan fingerprint density at radius 1 is 1.41 bits per heavy atom. The summed E-state index contributed by atoms with van der Waals surface area (Å²) in [5, 5.41) is 0. The van der Waals surface area contributed by atoms with E-state index in [0.29, 0.717) is 12.1 Å². The van der Waals surface area contributed by atoms with Gasteiger partial charge in [0.05, 0.1) is 0 Å². The molecule has 1 aromatic rings. The molecule has 0 amide bonds. The van der Waals surface area contributed by atoms with Crippen molar-refractivity contribution in [3.8, 4) is 0 Å². The van der Waals surface area contributed by atoms with E-state index in [2.05, 4.69) is 4.98 Å². The number of thioether (sulfide) groups is 1. The van der Waals surface area contributed by atoms with Crippen LogP contribution < -0.4 is 0 Å². The van der Waals surface area contributed by atoms with Gasteiger partial charge in [0, 0.05) is 23.3 Å². The monoisotopic (exact) mass is 249 g/mol. The van der Waals surface area contributed by atoms with Crippen molar-refractivity contribution in [2.45, 2.75) is 43.9 Å². The molecule has 17 heavy (non-hydrogen) atoms. The molecule has 0 atom stereocenters. The number of rotatable bonds is 5. The summed E-state index contributed by atoms with van der Waals surface area (Å²) in [5.74, 6) is 2.21. The number of hydrogen-bond acceptors (Lipinski definition) is 3. The maximum absolute atomic E-state index is 11.4. The van der Waals surface area contributed by atoms with Crippen LogP contribution in [0.2, 0.25) is 0 Å². The normalized spacial score (nSPS) is 16.3. The van der Waals surface area contributed by atoms with E-state index in [1.807, 2.05) is 37.0 Å². The van der Waals surface area contributed by atoms with Crippen LogP contribution >= 0.6 is 11.8 Å². The molecule has 1 aromatic heterocycles. The van der Waals surface area contributed by atoms with E-state index in [9.17, 15) is 4.79 Å². The fourth-order valence-electron chi connectivity index (χ4n) is 2.20. The van der Waals surface area contributed by atoms with Gasteiger partial charge in [-0.2, -0.15) is 0 Å². The molecule has 0 aliphatic heterocycles. The molecule has 3 heteroatoms. The molecule has 1 fully saturated rings. The quantitative estimate of drug-likeness (QED) is 0.584. The maximum Gasteiger partial charge on any atom is 0.180 e. The van der Waals surface area contributed by atoms with E-state index >= 15 is 0 Å². The Labute approximate surface area is 107 Å². The molecule has 0 unspecified atom stereocenters. The summed E-state index contributed by atoms with van der Waals surface area (Å²) < 4.78 is 0. The lowest BCUT2D eigenvalue weighted by molar-refractivity contribution is 0.0983. The third-order valence-corrected chi connectivity index (χ3v) is 4.52. The van der Waals surface area contributed by atoms with Gasteiger partial charge in [-0.3, -0.25) is 9.78 Å². The molecule has 0 radical (unpaired) electrons. The first-order valence-electron chi connectivity index (χ1n) is 6.41. The molecule has 2 nitrogen and oxygen atoms in total. The van der Waals surface area contributed by atoms with Crippen LogP contribution in [-0.4, -0.2) is 16.5 Å². The van der Waals surface area contributed by atoms with Gasteiger partial charge in [0.2, 0.25) is 0 Å². The van der Waals surface area contributed by atoms with Crippen molar-refractivity contribution in [1.29, 1.82) is 0 Å². The van der Waals surface area contributed by atoms with Crippen molar-refractivity contribution in [2.24, 2.45) is 5.92 Å². The summed E-state index contributed by atoms with van der Waals surface area (Å²) in [6.45, 7) is 1.87. The zero-order chi connectivity index (χ0) is 12.1. The average molecular weight is 249 g/mol. The fraction of sp³-hybridized carbons (Fsp3) is 0.571. The number of Topliss-reactive ketones (excluding diaryl/α,β-unsaturated/α-hetero) is 1. The summed E-state index contributed by atoms with van der Waals surface area (Å²) in [7, 11) is 0. The summed E-state index contributed by atoms with van der Waals surface area (Å²) in [6, 6.07) is 3.87. The second-order valence-corrected chi connectivity index (χ2v) is 5.71. The first-order valence-corrected chi connectivity index (χ1v) is 7.40. The highest BCUT2D eigenvalue weighted by atomic mass is 32.2. The highest BCUT2D eigenvalue weighted by Gasteiger charge is 2.15. The first-order chi connectivity index (χ1) is 8.29. The van der Waals surface area contributed by atoms with E-state index in [1.165, 1.54) is 36.3 Å². The van der Waals surface area contributed by atoms with Crippen molar-refractivity contribution in [1.82, 2.24) is 4.98 Å². The number of aromatic nitrogens is 1. The van der Waals surface area contributed by atoms with Gasteiger partial charge < -0.3 is 0 Å². The smallest absolute Gasteiger partial charge is 0.180 e. The lowest BCUT2D eigenvalue weighted by Gasteiger charge is -2.07. The predicted molar refractivity (Wildman–Crippen MR) is 71.5 cm³/mol. The summed E-state index contributed by atoms with van der Waals surface area (Å²) in [4.78, 5) is 16.8. The standard InChI is InChI=1S/C14H19NOS/c1-2-14(16)13-8-7-12(9-15-13)17-10-11-5-3-4-6-11/h7-9,11H,2-6,10H2,1H3. The minimum Gasteiger partial charge on any atom is -0.292 e. The lowest BCUT2D eigenvalue weighted by Crippen LogP contribution is -2.00. The minimum atomic E-state index is 0.123. The third-order valence-electron chi connectivity index (χ3n) is 3.30. The lowest BCUT2D eigenvalue weighted by atomic mass is 10.1. The van der Waals surface area contributed by atoms with Gasteiger partial charge in [-0.15, -0.1) is 11.8 Å². The molecular weight excluding hydrogens is 230 g/mol. The Morgan fingerprint density at radius 2 is 2.18 bits per heavy atom. The Morgan fingerprint density at radius 3 is 2.76 bits per heavy atom. The van der Waals surface area contributed by atoms with Crippen molar-refractivity contribution in [3.05, 3.63) is 24.0 Å². The average Bonchev–Trinajstić information content (AvgIpc) is 2.89. The molecule has 1 aliphatic rings. The molecular formula is C14H19NOS. The summed E-state index contributed by atoms with van der Waals surface area (Å²) in [5.41, 5.74) is 0.595. The van der Waals surface area contributed by atoms with E-state index in [4.69, 9.17) is 0 Å². The number of pyridine rings is 1. The van der Waals surface area contributed by atoms with Crippen LogP contribution in [0.3, 0.4) is 0 Å². The molecule has 0 bridgehead atoms. The van der Waals surface area contributed by atoms with Crippen LogP contribution in [0.5, 0.6) is 0 Å². The molecule has 2 rings (SSSR count). The minimum absolute atomic E-state index is 0.123. The van der Waals surface area contributed by atoms with E-state index in [1.54, 1.807) is 0 Å². The van der Waals surface area contributed by atoms with E-state index < -0.39 is 0 Å². The number of ketones is 1. The molecule has 0 saturated heterocycles. The summed E-state index contributed by atoms with van der Waals surface area (Å²) in [6.07, 6.45) is 7.92. The molecule has 92 valence electrons. The zero-order valence-corrected chi connectivity index (χ0v) is 11.1. The van der Waals surface area contributed by atoms with Gasteiger partial charge in [-0.1, -0.05) is 19.8 Å². The molecule has 1 saturated carbocycles. The molecule has 0 N–H and O–H groups in total. The molecule has 1 heterocycles. The molecule has 1 aliphatic carbocycles. The van der Waals surface area contributed by atoms with Gasteiger partial charge >= 0.3 is 0 Å². The highest BCUT2D eigenvalue weighted by Crippen LogP contribution is 2.30.